The summed E-state index contributed by atoms with van der Waals surface area (Å²) in [6.45, 7) is 2.01. The second-order valence-corrected chi connectivity index (χ2v) is 5.42. The van der Waals surface area contributed by atoms with Gasteiger partial charge in [-0.1, -0.05) is 12.1 Å². The number of carbonyl (C=O) groups is 1. The van der Waals surface area contributed by atoms with E-state index in [1.807, 2.05) is 37.3 Å². The van der Waals surface area contributed by atoms with Crippen molar-refractivity contribution in [2.75, 3.05) is 12.4 Å². The fourth-order valence-corrected chi connectivity index (χ4v) is 2.25. The van der Waals surface area contributed by atoms with Crippen LogP contribution in [0.3, 0.4) is 0 Å². The van der Waals surface area contributed by atoms with Crippen LogP contribution in [0.15, 0.2) is 34.9 Å². The van der Waals surface area contributed by atoms with E-state index in [9.17, 15) is 4.79 Å². The minimum Gasteiger partial charge on any atom is -0.497 e. The van der Waals surface area contributed by atoms with E-state index in [1.54, 1.807) is 7.11 Å². The lowest BCUT2D eigenvalue weighted by Gasteiger charge is -1.99. The molecule has 0 aliphatic rings. The second-order valence-electron chi connectivity index (χ2n) is 5.42. The Labute approximate surface area is 144 Å². The van der Waals surface area contributed by atoms with E-state index in [4.69, 9.17) is 9.26 Å². The van der Waals surface area contributed by atoms with E-state index >= 15 is 0 Å². The van der Waals surface area contributed by atoms with Crippen LogP contribution >= 0.6 is 0 Å². The lowest BCUT2D eigenvalue weighted by molar-refractivity contribution is -0.116. The number of rotatable bonds is 7. The van der Waals surface area contributed by atoms with E-state index in [0.717, 1.165) is 23.4 Å². The maximum Gasteiger partial charge on any atom is 0.227 e. The molecule has 0 radical (unpaired) electrons. The minimum atomic E-state index is -0.154. The summed E-state index contributed by atoms with van der Waals surface area (Å²) < 4.78 is 10.3. The summed E-state index contributed by atoms with van der Waals surface area (Å²) in [6.07, 6.45) is 1.43. The first-order valence-electron chi connectivity index (χ1n) is 7.99. The molecule has 0 unspecified atom stereocenters. The quantitative estimate of drug-likeness (QED) is 0.684. The molecule has 2 heterocycles. The lowest BCUT2D eigenvalue weighted by Crippen LogP contribution is -2.12. The molecule has 130 valence electrons. The molecule has 0 spiro atoms. The van der Waals surface area contributed by atoms with Gasteiger partial charge in [0.05, 0.1) is 7.11 Å². The Hall–Kier alpha value is -3.16. The zero-order chi connectivity index (χ0) is 17.6. The van der Waals surface area contributed by atoms with E-state index < -0.39 is 0 Å². The topological polar surface area (TPSA) is 106 Å². The highest BCUT2D eigenvalue weighted by Gasteiger charge is 2.12. The molecule has 3 rings (SSSR count). The predicted molar refractivity (Wildman–Crippen MR) is 91.2 cm³/mol. The third kappa shape index (κ3) is 4.23. The molecule has 0 bridgehead atoms. The Morgan fingerprint density at radius 2 is 2.12 bits per heavy atom. The number of ether oxygens (including phenoxy) is 1. The number of hydrogen-bond donors (Lipinski definition) is 2. The third-order valence-corrected chi connectivity index (χ3v) is 3.66. The first kappa shape index (κ1) is 16.7. The summed E-state index contributed by atoms with van der Waals surface area (Å²) in [6, 6.07) is 9.17. The number of anilines is 1. The van der Waals surface area contributed by atoms with Crippen LogP contribution in [0.4, 0.5) is 5.82 Å². The third-order valence-electron chi connectivity index (χ3n) is 3.66. The number of H-pyrrole nitrogens is 1. The Balaban J connectivity index is 1.54. The van der Waals surface area contributed by atoms with Crippen LogP contribution in [0.5, 0.6) is 5.75 Å². The second kappa shape index (κ2) is 7.61. The smallest absolute Gasteiger partial charge is 0.227 e. The van der Waals surface area contributed by atoms with Gasteiger partial charge in [0.25, 0.3) is 0 Å². The summed E-state index contributed by atoms with van der Waals surface area (Å²) in [5.41, 5.74) is 1.79. The highest BCUT2D eigenvalue weighted by Crippen LogP contribution is 2.20. The molecular formula is C17H19N5O3. The molecule has 0 aliphatic heterocycles. The minimum absolute atomic E-state index is 0.154. The molecule has 0 fully saturated rings. The molecule has 25 heavy (non-hydrogen) atoms. The van der Waals surface area contributed by atoms with Crippen LogP contribution in [-0.2, 0) is 17.6 Å². The van der Waals surface area contributed by atoms with Crippen molar-refractivity contribution in [3.63, 3.8) is 0 Å². The molecule has 8 nitrogen and oxygen atoms in total. The van der Waals surface area contributed by atoms with Crippen LogP contribution < -0.4 is 10.1 Å². The van der Waals surface area contributed by atoms with Crippen LogP contribution in [-0.4, -0.2) is 33.4 Å². The summed E-state index contributed by atoms with van der Waals surface area (Å²) >= 11 is 0. The highest BCUT2D eigenvalue weighted by molar-refractivity contribution is 5.89. The molecular weight excluding hydrogens is 322 g/mol. The van der Waals surface area contributed by atoms with Crippen molar-refractivity contribution in [1.29, 1.82) is 0 Å². The summed E-state index contributed by atoms with van der Waals surface area (Å²) in [4.78, 5) is 16.3. The molecule has 2 N–H and O–H groups in total. The van der Waals surface area contributed by atoms with Crippen molar-refractivity contribution < 1.29 is 14.1 Å². The Kier molecular flexibility index (Phi) is 5.08. The zero-order valence-electron chi connectivity index (χ0n) is 14.1. The lowest BCUT2D eigenvalue weighted by atomic mass is 10.2. The molecule has 0 aliphatic carbocycles. The van der Waals surface area contributed by atoms with Crippen molar-refractivity contribution in [1.82, 2.24) is 20.3 Å². The van der Waals surface area contributed by atoms with Gasteiger partial charge in [-0.2, -0.15) is 10.1 Å². The number of aromatic nitrogens is 4. The van der Waals surface area contributed by atoms with Gasteiger partial charge < -0.3 is 14.6 Å². The van der Waals surface area contributed by atoms with E-state index in [1.165, 1.54) is 0 Å². The summed E-state index contributed by atoms with van der Waals surface area (Å²) in [7, 11) is 1.61. The highest BCUT2D eigenvalue weighted by atomic mass is 16.5. The fraction of sp³-hybridized carbons (Fsp3) is 0.294. The summed E-state index contributed by atoms with van der Waals surface area (Å²) in [5.74, 6) is 2.02. The first-order valence-corrected chi connectivity index (χ1v) is 7.99. The van der Waals surface area contributed by atoms with Crippen molar-refractivity contribution in [2.24, 2.45) is 0 Å². The van der Waals surface area contributed by atoms with Gasteiger partial charge in [-0.15, -0.1) is 0 Å². The number of nitrogens with zero attached hydrogens (tertiary/aromatic N) is 3. The Morgan fingerprint density at radius 1 is 1.32 bits per heavy atom. The number of aryl methyl sites for hydroxylation is 2. The van der Waals surface area contributed by atoms with Gasteiger partial charge in [-0.3, -0.25) is 9.89 Å². The molecule has 3 aromatic rings. The van der Waals surface area contributed by atoms with Crippen LogP contribution in [0.1, 0.15) is 24.9 Å². The van der Waals surface area contributed by atoms with Gasteiger partial charge in [0, 0.05) is 30.2 Å². The molecule has 0 atom stereocenters. The van der Waals surface area contributed by atoms with Gasteiger partial charge in [0.1, 0.15) is 5.75 Å². The number of carbonyl (C=O) groups excluding carboxylic acids is 1. The Morgan fingerprint density at radius 3 is 2.80 bits per heavy atom. The van der Waals surface area contributed by atoms with E-state index in [0.29, 0.717) is 24.0 Å². The van der Waals surface area contributed by atoms with Crippen LogP contribution in [0.25, 0.3) is 11.4 Å². The van der Waals surface area contributed by atoms with Gasteiger partial charge in [-0.05, 0) is 30.7 Å². The number of hydrogen-bond acceptors (Lipinski definition) is 6. The SMILES string of the molecule is CCc1cc(NC(=O)CCc2nc(-c3ccc(OC)cc3)no2)n[nH]1. The van der Waals surface area contributed by atoms with Crippen LogP contribution in [0.2, 0.25) is 0 Å². The van der Waals surface area contributed by atoms with E-state index in [2.05, 4.69) is 25.7 Å². The molecule has 2 aromatic heterocycles. The molecule has 0 saturated heterocycles. The molecule has 1 amide bonds. The van der Waals surface area contributed by atoms with Gasteiger partial charge in [-0.25, -0.2) is 0 Å². The predicted octanol–water partition coefficient (Wildman–Crippen LogP) is 2.60. The number of benzene rings is 1. The molecule has 8 heteroatoms. The monoisotopic (exact) mass is 341 g/mol. The average molecular weight is 341 g/mol. The Bertz CT molecular complexity index is 838. The van der Waals surface area contributed by atoms with Crippen molar-refractivity contribution >= 4 is 11.7 Å². The van der Waals surface area contributed by atoms with Crippen molar-refractivity contribution in [3.8, 4) is 17.1 Å². The van der Waals surface area contributed by atoms with E-state index in [-0.39, 0.29) is 12.3 Å². The molecule has 0 saturated carbocycles. The number of aromatic amines is 1. The maximum atomic E-state index is 12.0. The van der Waals surface area contributed by atoms with Crippen molar-refractivity contribution in [3.05, 3.63) is 41.9 Å². The van der Waals surface area contributed by atoms with Crippen LogP contribution in [0, 0.1) is 0 Å². The maximum absolute atomic E-state index is 12.0. The molecule has 1 aromatic carbocycles. The number of nitrogens with one attached hydrogen (secondary N) is 2. The summed E-state index contributed by atoms with van der Waals surface area (Å²) in [5, 5.41) is 13.5. The largest absolute Gasteiger partial charge is 0.497 e. The normalized spacial score (nSPS) is 10.6. The number of amides is 1. The standard InChI is InChI=1S/C17H19N5O3/c1-3-12-10-14(21-20-12)18-15(23)8-9-16-19-17(22-25-16)11-4-6-13(24-2)7-5-11/h4-7,10H,3,8-9H2,1-2H3,(H2,18,20,21,23). The zero-order valence-corrected chi connectivity index (χ0v) is 14.1. The van der Waals surface area contributed by atoms with Gasteiger partial charge in [0.15, 0.2) is 5.82 Å². The first-order chi connectivity index (χ1) is 12.2. The average Bonchev–Trinajstić information content (AvgIpc) is 3.29. The van der Waals surface area contributed by atoms with Crippen molar-refractivity contribution in [2.45, 2.75) is 26.2 Å². The van der Waals surface area contributed by atoms with Gasteiger partial charge in [0.2, 0.25) is 17.6 Å². The fourth-order valence-electron chi connectivity index (χ4n) is 2.25. The number of methoxy groups -OCH3 is 1. The van der Waals surface area contributed by atoms with Gasteiger partial charge >= 0.3 is 0 Å².